The van der Waals surface area contributed by atoms with Crippen molar-refractivity contribution in [1.82, 2.24) is 4.57 Å². The van der Waals surface area contributed by atoms with Crippen molar-refractivity contribution in [1.29, 1.82) is 0 Å². The molecule has 164 valence electrons. The molecule has 9 nitrogen and oxygen atoms in total. The number of benzene rings is 2. The van der Waals surface area contributed by atoms with Gasteiger partial charge in [0.2, 0.25) is 0 Å². The van der Waals surface area contributed by atoms with Crippen LogP contribution < -0.4 is 0 Å². The van der Waals surface area contributed by atoms with Crippen LogP contribution >= 0.6 is 0 Å². The van der Waals surface area contributed by atoms with Crippen molar-refractivity contribution in [2.75, 3.05) is 6.61 Å². The molecule has 0 aliphatic heterocycles. The lowest BCUT2D eigenvalue weighted by Gasteiger charge is -2.26. The predicted octanol–water partition coefficient (Wildman–Crippen LogP) is 1.38. The molecule has 0 aliphatic carbocycles. The second kappa shape index (κ2) is 9.38. The number of hydrogen-bond acceptors (Lipinski definition) is 7. The van der Waals surface area contributed by atoms with Crippen molar-refractivity contribution in [2.45, 2.75) is 24.4 Å². The molecule has 9 heteroatoms. The molecular weight excluding hydrogens is 404 g/mol. The largest absolute Gasteiger partial charge is 0.394 e. The number of non-ortho nitro benzene ring substituents is 1. The Morgan fingerprint density at radius 2 is 1.55 bits per heavy atom. The number of aromatic nitrogens is 1. The minimum atomic E-state index is -1.77. The van der Waals surface area contributed by atoms with Gasteiger partial charge in [0.05, 0.1) is 17.2 Å². The van der Waals surface area contributed by atoms with E-state index in [-0.39, 0.29) is 5.69 Å². The minimum absolute atomic E-state index is 0.0574. The summed E-state index contributed by atoms with van der Waals surface area (Å²) in [6, 6.07) is 16.6. The van der Waals surface area contributed by atoms with Gasteiger partial charge < -0.3 is 30.1 Å². The summed E-state index contributed by atoms with van der Waals surface area (Å²) in [7, 11) is 1.75. The van der Waals surface area contributed by atoms with Gasteiger partial charge >= 0.3 is 0 Å². The van der Waals surface area contributed by atoms with E-state index in [0.29, 0.717) is 22.5 Å². The first kappa shape index (κ1) is 22.6. The number of nitro benzene ring substituents is 1. The fraction of sp³-hybridized carbons (Fsp3) is 0.273. The van der Waals surface area contributed by atoms with Gasteiger partial charge in [0.25, 0.3) is 5.69 Å². The molecule has 4 atom stereocenters. The van der Waals surface area contributed by atoms with E-state index >= 15 is 0 Å². The van der Waals surface area contributed by atoms with Gasteiger partial charge in [0, 0.05) is 30.4 Å². The predicted molar refractivity (Wildman–Crippen MR) is 113 cm³/mol. The number of nitro groups is 1. The SMILES string of the molecule is Cn1c(-c2ccc([N+](=O)[O-])cc2)cc([C@H](O)[C@@H](O)[C@@H](O)[C@H](O)CO)c1-c1ccccc1. The van der Waals surface area contributed by atoms with Gasteiger partial charge in [-0.25, -0.2) is 0 Å². The van der Waals surface area contributed by atoms with Gasteiger partial charge in [-0.15, -0.1) is 0 Å². The van der Waals surface area contributed by atoms with Crippen LogP contribution in [0.25, 0.3) is 22.5 Å². The summed E-state index contributed by atoms with van der Waals surface area (Å²) >= 11 is 0. The highest BCUT2D eigenvalue weighted by atomic mass is 16.6. The van der Waals surface area contributed by atoms with Crippen LogP contribution in [0.3, 0.4) is 0 Å². The molecule has 1 aromatic heterocycles. The van der Waals surface area contributed by atoms with Crippen LogP contribution in [0.4, 0.5) is 5.69 Å². The van der Waals surface area contributed by atoms with Crippen molar-refractivity contribution in [3.63, 3.8) is 0 Å². The highest BCUT2D eigenvalue weighted by Gasteiger charge is 2.33. The summed E-state index contributed by atoms with van der Waals surface area (Å²) in [4.78, 5) is 10.4. The van der Waals surface area contributed by atoms with Gasteiger partial charge in [-0.3, -0.25) is 10.1 Å². The summed E-state index contributed by atoms with van der Waals surface area (Å²) < 4.78 is 1.77. The molecule has 0 bridgehead atoms. The molecule has 0 radical (unpaired) electrons. The molecule has 5 N–H and O–H groups in total. The van der Waals surface area contributed by atoms with Gasteiger partial charge in [-0.05, 0) is 29.3 Å². The lowest BCUT2D eigenvalue weighted by Crippen LogP contribution is -2.42. The first-order chi connectivity index (χ1) is 14.8. The van der Waals surface area contributed by atoms with Crippen molar-refractivity contribution in [2.24, 2.45) is 7.05 Å². The minimum Gasteiger partial charge on any atom is -0.394 e. The molecule has 31 heavy (non-hydrogen) atoms. The molecule has 3 rings (SSSR count). The van der Waals surface area contributed by atoms with Crippen LogP contribution in [-0.2, 0) is 7.05 Å². The average molecular weight is 428 g/mol. The third-order valence-corrected chi connectivity index (χ3v) is 5.26. The maximum Gasteiger partial charge on any atom is 0.269 e. The monoisotopic (exact) mass is 428 g/mol. The van der Waals surface area contributed by atoms with E-state index in [1.165, 1.54) is 12.1 Å². The van der Waals surface area contributed by atoms with Gasteiger partial charge in [-0.1, -0.05) is 30.3 Å². The lowest BCUT2D eigenvalue weighted by molar-refractivity contribution is -0.384. The second-order valence-electron chi connectivity index (χ2n) is 7.24. The highest BCUT2D eigenvalue weighted by Crippen LogP contribution is 2.37. The second-order valence-corrected chi connectivity index (χ2v) is 7.24. The Hall–Kier alpha value is -3.08. The van der Waals surface area contributed by atoms with Crippen LogP contribution in [0.15, 0.2) is 60.7 Å². The van der Waals surface area contributed by atoms with Crippen molar-refractivity contribution >= 4 is 5.69 Å². The normalized spacial score (nSPS) is 15.3. The first-order valence-electron chi connectivity index (χ1n) is 9.59. The molecule has 3 aromatic rings. The summed E-state index contributed by atoms with van der Waals surface area (Å²) in [6.45, 7) is -0.778. The third kappa shape index (κ3) is 4.50. The Labute approximate surface area is 178 Å². The summed E-state index contributed by atoms with van der Waals surface area (Å²) in [6.07, 6.45) is -6.74. The van der Waals surface area contributed by atoms with E-state index in [9.17, 15) is 30.5 Å². The zero-order valence-electron chi connectivity index (χ0n) is 16.7. The number of nitrogens with zero attached hydrogens (tertiary/aromatic N) is 2. The summed E-state index contributed by atoms with van der Waals surface area (Å²) in [5.41, 5.74) is 2.79. The zero-order chi connectivity index (χ0) is 22.7. The zero-order valence-corrected chi connectivity index (χ0v) is 16.7. The Morgan fingerprint density at radius 3 is 2.10 bits per heavy atom. The number of rotatable bonds is 8. The Kier molecular flexibility index (Phi) is 6.84. The molecule has 0 fully saturated rings. The number of hydrogen-bond donors (Lipinski definition) is 5. The average Bonchev–Trinajstić information content (AvgIpc) is 3.14. The van der Waals surface area contributed by atoms with Crippen LogP contribution in [0.5, 0.6) is 0 Å². The van der Waals surface area contributed by atoms with E-state index in [1.54, 1.807) is 29.8 Å². The number of aliphatic hydroxyl groups is 5. The summed E-state index contributed by atoms with van der Waals surface area (Å²) in [5.74, 6) is 0. The topological polar surface area (TPSA) is 149 Å². The fourth-order valence-electron chi connectivity index (χ4n) is 3.55. The van der Waals surface area contributed by atoms with Crippen LogP contribution in [0.2, 0.25) is 0 Å². The van der Waals surface area contributed by atoms with Crippen molar-refractivity contribution in [3.05, 3.63) is 76.3 Å². The smallest absolute Gasteiger partial charge is 0.269 e. The molecule has 0 spiro atoms. The van der Waals surface area contributed by atoms with Crippen LogP contribution in [-0.4, -0.2) is 59.9 Å². The quantitative estimate of drug-likeness (QED) is 0.269. The van der Waals surface area contributed by atoms with Gasteiger partial charge in [0.15, 0.2) is 0 Å². The van der Waals surface area contributed by atoms with Gasteiger partial charge in [-0.2, -0.15) is 0 Å². The van der Waals surface area contributed by atoms with Crippen molar-refractivity contribution < 1.29 is 30.5 Å². The molecule has 0 aliphatic rings. The number of aliphatic hydroxyl groups excluding tert-OH is 5. The molecule has 1 heterocycles. The molecule has 2 aromatic carbocycles. The Balaban J connectivity index is 2.11. The summed E-state index contributed by atoms with van der Waals surface area (Å²) in [5, 5.41) is 61.0. The van der Waals surface area contributed by atoms with Crippen LogP contribution in [0, 0.1) is 10.1 Å². The van der Waals surface area contributed by atoms with Gasteiger partial charge in [0.1, 0.15) is 24.4 Å². The highest BCUT2D eigenvalue weighted by molar-refractivity contribution is 5.74. The lowest BCUT2D eigenvalue weighted by atomic mass is 9.95. The Bertz CT molecular complexity index is 1030. The molecule has 0 amide bonds. The van der Waals surface area contributed by atoms with E-state index in [2.05, 4.69) is 0 Å². The van der Waals surface area contributed by atoms with E-state index < -0.39 is 35.9 Å². The van der Waals surface area contributed by atoms with Crippen LogP contribution in [0.1, 0.15) is 11.7 Å². The molecular formula is C22H24N2O7. The van der Waals surface area contributed by atoms with E-state index in [1.807, 2.05) is 30.3 Å². The molecule has 0 saturated carbocycles. The molecule has 0 unspecified atom stereocenters. The maximum atomic E-state index is 10.9. The third-order valence-electron chi connectivity index (χ3n) is 5.26. The fourth-order valence-corrected chi connectivity index (χ4v) is 3.55. The first-order valence-corrected chi connectivity index (χ1v) is 9.59. The maximum absolute atomic E-state index is 10.9. The Morgan fingerprint density at radius 1 is 0.935 bits per heavy atom. The standard InChI is InChI=1S/C22H24N2O7/c1-23-17(13-7-9-15(10-8-13)24(30)31)11-16(19(23)14-5-3-2-4-6-14)20(27)22(29)21(28)18(26)12-25/h2-11,18,20-22,25-29H,12H2,1H3/t18-,20+,21+,22-/m1/s1. The van der Waals surface area contributed by atoms with E-state index in [0.717, 1.165) is 5.56 Å². The molecule has 0 saturated heterocycles. The van der Waals surface area contributed by atoms with E-state index in [4.69, 9.17) is 5.11 Å². The van der Waals surface area contributed by atoms with Crippen molar-refractivity contribution in [3.8, 4) is 22.5 Å².